The standard InChI is InChI=1S/C12H20O/c1-11(2)8-4-9-6-12(9,7-13-3)10(11)5-8/h8-10H,4-7H2,1-3H3. The minimum absolute atomic E-state index is 0.630. The Kier molecular flexibility index (Phi) is 1.36. The van der Waals surface area contributed by atoms with Crippen LogP contribution in [0, 0.1) is 28.6 Å². The molecule has 4 atom stereocenters. The fourth-order valence-electron chi connectivity index (χ4n) is 4.43. The van der Waals surface area contributed by atoms with Crippen LogP contribution in [0.1, 0.15) is 33.1 Å². The van der Waals surface area contributed by atoms with Crippen molar-refractivity contribution >= 4 is 0 Å². The Morgan fingerprint density at radius 3 is 2.62 bits per heavy atom. The van der Waals surface area contributed by atoms with Gasteiger partial charge in [-0.05, 0) is 42.4 Å². The van der Waals surface area contributed by atoms with Crippen LogP contribution in [0.4, 0.5) is 0 Å². The summed E-state index contributed by atoms with van der Waals surface area (Å²) in [5, 5.41) is 0. The predicted octanol–water partition coefficient (Wildman–Crippen LogP) is 2.71. The van der Waals surface area contributed by atoms with E-state index in [1.807, 2.05) is 7.11 Å². The lowest BCUT2D eigenvalue weighted by Crippen LogP contribution is -2.54. The topological polar surface area (TPSA) is 9.23 Å². The van der Waals surface area contributed by atoms with Crippen LogP contribution >= 0.6 is 0 Å². The Labute approximate surface area is 80.8 Å². The van der Waals surface area contributed by atoms with Gasteiger partial charge in [-0.2, -0.15) is 0 Å². The minimum Gasteiger partial charge on any atom is -0.384 e. The van der Waals surface area contributed by atoms with E-state index >= 15 is 0 Å². The van der Waals surface area contributed by atoms with E-state index in [2.05, 4.69) is 13.8 Å². The maximum atomic E-state index is 5.41. The van der Waals surface area contributed by atoms with Crippen molar-refractivity contribution in [1.29, 1.82) is 0 Å². The second-order valence-corrected chi connectivity index (χ2v) is 6.11. The zero-order valence-corrected chi connectivity index (χ0v) is 8.97. The summed E-state index contributed by atoms with van der Waals surface area (Å²) < 4.78 is 5.41. The van der Waals surface area contributed by atoms with Gasteiger partial charge in [-0.3, -0.25) is 0 Å². The molecule has 4 aliphatic carbocycles. The maximum Gasteiger partial charge on any atom is 0.0524 e. The Bertz CT molecular complexity index is 246. The molecule has 0 aliphatic heterocycles. The summed E-state index contributed by atoms with van der Waals surface area (Å²) in [5.74, 6) is 3.04. The molecular weight excluding hydrogens is 160 g/mol. The van der Waals surface area contributed by atoms with Crippen molar-refractivity contribution in [3.63, 3.8) is 0 Å². The summed E-state index contributed by atoms with van der Waals surface area (Å²) in [4.78, 5) is 0. The number of methoxy groups -OCH3 is 1. The highest BCUT2D eigenvalue weighted by molar-refractivity contribution is 5.20. The molecular formula is C12H20O. The first-order chi connectivity index (χ1) is 6.11. The van der Waals surface area contributed by atoms with Crippen LogP contribution in [-0.2, 0) is 4.74 Å². The van der Waals surface area contributed by atoms with Gasteiger partial charge in [0.05, 0.1) is 6.61 Å². The monoisotopic (exact) mass is 180 g/mol. The summed E-state index contributed by atoms with van der Waals surface area (Å²) in [7, 11) is 1.86. The lowest BCUT2D eigenvalue weighted by Gasteiger charge is -2.60. The average molecular weight is 180 g/mol. The second-order valence-electron chi connectivity index (χ2n) is 6.11. The molecule has 1 nitrogen and oxygen atoms in total. The lowest BCUT2D eigenvalue weighted by molar-refractivity contribution is -0.129. The first-order valence-corrected chi connectivity index (χ1v) is 5.60. The fraction of sp³-hybridized carbons (Fsp3) is 1.00. The molecule has 4 aliphatic rings. The SMILES string of the molecule is COCC12CC1CC1CC2C1(C)C. The van der Waals surface area contributed by atoms with Gasteiger partial charge < -0.3 is 4.74 Å². The van der Waals surface area contributed by atoms with Crippen molar-refractivity contribution in [1.82, 2.24) is 0 Å². The Morgan fingerprint density at radius 1 is 1.23 bits per heavy atom. The first kappa shape index (κ1) is 8.28. The zero-order valence-electron chi connectivity index (χ0n) is 8.97. The van der Waals surface area contributed by atoms with Gasteiger partial charge in [-0.1, -0.05) is 13.8 Å². The molecule has 0 heterocycles. The number of hydrogen-bond acceptors (Lipinski definition) is 1. The molecule has 0 aromatic rings. The molecule has 0 spiro atoms. The van der Waals surface area contributed by atoms with Crippen LogP contribution in [0.25, 0.3) is 0 Å². The third-order valence-electron chi connectivity index (χ3n) is 5.43. The normalized spacial score (nSPS) is 55.2. The molecule has 13 heavy (non-hydrogen) atoms. The molecule has 4 fully saturated rings. The Morgan fingerprint density at radius 2 is 2.00 bits per heavy atom. The molecule has 2 bridgehead atoms. The smallest absolute Gasteiger partial charge is 0.0524 e. The van der Waals surface area contributed by atoms with E-state index in [1.165, 1.54) is 19.3 Å². The maximum absolute atomic E-state index is 5.41. The number of hydrogen-bond donors (Lipinski definition) is 0. The van der Waals surface area contributed by atoms with E-state index in [0.29, 0.717) is 10.8 Å². The highest BCUT2D eigenvalue weighted by Crippen LogP contribution is 2.77. The highest BCUT2D eigenvalue weighted by Gasteiger charge is 2.72. The van der Waals surface area contributed by atoms with E-state index in [9.17, 15) is 0 Å². The highest BCUT2D eigenvalue weighted by atomic mass is 16.5. The number of rotatable bonds is 2. The fourth-order valence-corrected chi connectivity index (χ4v) is 4.43. The van der Waals surface area contributed by atoms with Crippen molar-refractivity contribution in [2.75, 3.05) is 13.7 Å². The van der Waals surface area contributed by atoms with Crippen LogP contribution in [-0.4, -0.2) is 13.7 Å². The van der Waals surface area contributed by atoms with Crippen molar-refractivity contribution in [2.45, 2.75) is 33.1 Å². The van der Waals surface area contributed by atoms with Crippen molar-refractivity contribution in [3.05, 3.63) is 0 Å². The van der Waals surface area contributed by atoms with Gasteiger partial charge in [-0.15, -0.1) is 0 Å². The van der Waals surface area contributed by atoms with E-state index in [4.69, 9.17) is 4.74 Å². The van der Waals surface area contributed by atoms with Crippen LogP contribution < -0.4 is 0 Å². The van der Waals surface area contributed by atoms with Crippen molar-refractivity contribution in [2.24, 2.45) is 28.6 Å². The van der Waals surface area contributed by atoms with Crippen LogP contribution in [0.2, 0.25) is 0 Å². The average Bonchev–Trinajstić information content (AvgIpc) is 2.77. The molecule has 0 aromatic heterocycles. The van der Waals surface area contributed by atoms with Crippen LogP contribution in [0.3, 0.4) is 0 Å². The summed E-state index contributed by atoms with van der Waals surface area (Å²) in [6, 6.07) is 0. The van der Waals surface area contributed by atoms with E-state index in [0.717, 1.165) is 24.4 Å². The molecule has 0 saturated heterocycles. The Hall–Kier alpha value is -0.0400. The zero-order chi connectivity index (χ0) is 9.27. The molecule has 74 valence electrons. The number of ether oxygens (including phenoxy) is 1. The van der Waals surface area contributed by atoms with Crippen LogP contribution in [0.15, 0.2) is 0 Å². The van der Waals surface area contributed by atoms with Gasteiger partial charge in [0.1, 0.15) is 0 Å². The minimum atomic E-state index is 0.630. The summed E-state index contributed by atoms with van der Waals surface area (Å²) in [5.41, 5.74) is 1.26. The molecule has 0 N–H and O–H groups in total. The molecule has 0 amide bonds. The lowest BCUT2D eigenvalue weighted by atomic mass is 9.45. The molecule has 1 heteroatoms. The van der Waals surface area contributed by atoms with Crippen molar-refractivity contribution < 1.29 is 4.74 Å². The van der Waals surface area contributed by atoms with Crippen LogP contribution in [0.5, 0.6) is 0 Å². The van der Waals surface area contributed by atoms with Gasteiger partial charge >= 0.3 is 0 Å². The van der Waals surface area contributed by atoms with Gasteiger partial charge in [0, 0.05) is 12.5 Å². The summed E-state index contributed by atoms with van der Waals surface area (Å²) in [6.07, 6.45) is 4.45. The Balaban J connectivity index is 1.86. The second kappa shape index (κ2) is 2.13. The van der Waals surface area contributed by atoms with Gasteiger partial charge in [0.2, 0.25) is 0 Å². The largest absolute Gasteiger partial charge is 0.384 e. The van der Waals surface area contributed by atoms with Gasteiger partial charge in [0.15, 0.2) is 0 Å². The predicted molar refractivity (Wildman–Crippen MR) is 52.4 cm³/mol. The van der Waals surface area contributed by atoms with E-state index in [1.54, 1.807) is 0 Å². The van der Waals surface area contributed by atoms with E-state index in [-0.39, 0.29) is 0 Å². The third kappa shape index (κ3) is 0.782. The quantitative estimate of drug-likeness (QED) is 0.635. The van der Waals surface area contributed by atoms with Gasteiger partial charge in [0.25, 0.3) is 0 Å². The van der Waals surface area contributed by atoms with Crippen molar-refractivity contribution in [3.8, 4) is 0 Å². The molecule has 0 aromatic carbocycles. The van der Waals surface area contributed by atoms with Gasteiger partial charge in [-0.25, -0.2) is 0 Å². The summed E-state index contributed by atoms with van der Waals surface area (Å²) >= 11 is 0. The summed E-state index contributed by atoms with van der Waals surface area (Å²) in [6.45, 7) is 5.97. The molecule has 0 radical (unpaired) electrons. The third-order valence-corrected chi connectivity index (χ3v) is 5.43. The first-order valence-electron chi connectivity index (χ1n) is 5.60. The van der Waals surface area contributed by atoms with E-state index < -0.39 is 0 Å². The molecule has 4 saturated carbocycles. The molecule has 4 unspecified atom stereocenters. The molecule has 4 rings (SSSR count).